The molecule has 0 saturated carbocycles. The van der Waals surface area contributed by atoms with Gasteiger partial charge in [-0.3, -0.25) is 4.68 Å². The zero-order chi connectivity index (χ0) is 11.8. The van der Waals surface area contributed by atoms with Gasteiger partial charge in [-0.25, -0.2) is 0 Å². The second-order valence-electron chi connectivity index (χ2n) is 4.43. The number of hydrogen-bond donors (Lipinski definition) is 0. The summed E-state index contributed by atoms with van der Waals surface area (Å²) in [5, 5.41) is 14.3. The van der Waals surface area contributed by atoms with E-state index in [9.17, 15) is 0 Å². The maximum absolute atomic E-state index is 8.68. The number of benzene rings is 1. The smallest absolute Gasteiger partial charge is 0.0929 e. The number of hydrogen-bond acceptors (Lipinski definition) is 2. The van der Waals surface area contributed by atoms with Gasteiger partial charge in [-0.2, -0.15) is 10.4 Å². The predicted molar refractivity (Wildman–Crippen MR) is 67.2 cm³/mol. The molecule has 0 bridgehead atoms. The maximum Gasteiger partial charge on any atom is 0.0929 e. The number of nitrogens with zero attached hydrogens (tertiary/aromatic N) is 3. The van der Waals surface area contributed by atoms with Crippen LogP contribution in [0.1, 0.15) is 24.0 Å². The van der Waals surface area contributed by atoms with Gasteiger partial charge in [0.15, 0.2) is 0 Å². The summed E-state index contributed by atoms with van der Waals surface area (Å²) in [6, 6.07) is 6.43. The lowest BCUT2D eigenvalue weighted by atomic mass is 10.0. The van der Waals surface area contributed by atoms with E-state index in [0.717, 1.165) is 18.4 Å². The predicted octanol–water partition coefficient (Wildman–Crippen LogP) is 2.82. The quantitative estimate of drug-likeness (QED) is 0.746. The van der Waals surface area contributed by atoms with Crippen molar-refractivity contribution < 1.29 is 0 Å². The van der Waals surface area contributed by atoms with E-state index >= 15 is 0 Å². The largest absolute Gasteiger partial charge is 0.275 e. The van der Waals surface area contributed by atoms with Gasteiger partial charge in [-0.05, 0) is 35.6 Å². The van der Waals surface area contributed by atoms with Crippen molar-refractivity contribution >= 4 is 16.5 Å². The van der Waals surface area contributed by atoms with Crippen LogP contribution in [0, 0.1) is 11.3 Å². The van der Waals surface area contributed by atoms with E-state index in [2.05, 4.69) is 35.6 Å². The molecule has 1 aliphatic rings. The van der Waals surface area contributed by atoms with Gasteiger partial charge in [0.2, 0.25) is 0 Å². The van der Waals surface area contributed by atoms with Crippen molar-refractivity contribution in [1.82, 2.24) is 9.78 Å². The van der Waals surface area contributed by atoms with E-state index < -0.39 is 0 Å². The van der Waals surface area contributed by atoms with Gasteiger partial charge < -0.3 is 0 Å². The van der Waals surface area contributed by atoms with Gasteiger partial charge in [0, 0.05) is 18.6 Å². The highest BCUT2D eigenvalue weighted by molar-refractivity contribution is 5.94. The minimum atomic E-state index is 0.491. The lowest BCUT2D eigenvalue weighted by Crippen LogP contribution is -1.84. The lowest BCUT2D eigenvalue weighted by Gasteiger charge is -2.01. The van der Waals surface area contributed by atoms with Crippen LogP contribution in [0.15, 0.2) is 24.4 Å². The van der Waals surface area contributed by atoms with Crippen LogP contribution in [-0.4, -0.2) is 9.78 Å². The Balaban J connectivity index is 2.24. The standard InChI is InChI=1S/C14H13N3/c1-17-9-12-13(16-17)7-6-11-5-4-10(14(11)12)3-2-8-15/h3,6-7,9H,2,4-5H2,1H3/b10-3+. The molecular weight excluding hydrogens is 210 g/mol. The zero-order valence-corrected chi connectivity index (χ0v) is 9.77. The van der Waals surface area contributed by atoms with Crippen LogP contribution in [0.4, 0.5) is 0 Å². The minimum absolute atomic E-state index is 0.491. The molecule has 17 heavy (non-hydrogen) atoms. The molecule has 0 aliphatic heterocycles. The van der Waals surface area contributed by atoms with E-state index in [1.165, 1.54) is 22.1 Å². The van der Waals surface area contributed by atoms with Crippen LogP contribution in [0.2, 0.25) is 0 Å². The molecule has 3 heteroatoms. The number of nitriles is 1. The molecule has 0 radical (unpaired) electrons. The number of fused-ring (bicyclic) bond motifs is 3. The van der Waals surface area contributed by atoms with Crippen molar-refractivity contribution in [3.05, 3.63) is 35.5 Å². The monoisotopic (exact) mass is 223 g/mol. The third-order valence-electron chi connectivity index (χ3n) is 3.31. The molecule has 2 aromatic rings. The molecule has 3 rings (SSSR count). The summed E-state index contributed by atoms with van der Waals surface area (Å²) in [4.78, 5) is 0. The fourth-order valence-electron chi connectivity index (χ4n) is 2.61. The minimum Gasteiger partial charge on any atom is -0.275 e. The molecule has 0 saturated heterocycles. The third kappa shape index (κ3) is 1.53. The molecule has 0 unspecified atom stereocenters. The van der Waals surface area contributed by atoms with E-state index in [4.69, 9.17) is 5.26 Å². The van der Waals surface area contributed by atoms with Crippen molar-refractivity contribution in [2.75, 3.05) is 0 Å². The van der Waals surface area contributed by atoms with Gasteiger partial charge >= 0.3 is 0 Å². The second-order valence-corrected chi connectivity index (χ2v) is 4.43. The molecule has 0 amide bonds. The molecule has 1 aromatic carbocycles. The molecule has 3 nitrogen and oxygen atoms in total. The molecule has 84 valence electrons. The fourth-order valence-corrected chi connectivity index (χ4v) is 2.61. The molecule has 0 N–H and O–H groups in total. The summed E-state index contributed by atoms with van der Waals surface area (Å²) < 4.78 is 1.85. The molecule has 0 spiro atoms. The Morgan fingerprint density at radius 2 is 2.35 bits per heavy atom. The number of aromatic nitrogens is 2. The molecule has 1 aromatic heterocycles. The number of allylic oxidation sites excluding steroid dienone is 2. The maximum atomic E-state index is 8.68. The number of aryl methyl sites for hydroxylation is 2. The van der Waals surface area contributed by atoms with Crippen molar-refractivity contribution in [2.45, 2.75) is 19.3 Å². The van der Waals surface area contributed by atoms with Gasteiger partial charge in [0.05, 0.1) is 18.0 Å². The first kappa shape index (κ1) is 10.1. The van der Waals surface area contributed by atoms with Crippen molar-refractivity contribution in [2.24, 2.45) is 7.05 Å². The SMILES string of the molecule is Cn1cc2c3c(ccc2n1)CC/C3=C\CC#N. The Morgan fingerprint density at radius 3 is 3.18 bits per heavy atom. The normalized spacial score (nSPS) is 16.4. The summed E-state index contributed by atoms with van der Waals surface area (Å²) >= 11 is 0. The Bertz CT molecular complexity index is 656. The van der Waals surface area contributed by atoms with Crippen molar-refractivity contribution in [3.8, 4) is 6.07 Å². The first-order valence-corrected chi connectivity index (χ1v) is 5.81. The first-order valence-electron chi connectivity index (χ1n) is 5.81. The molecule has 1 heterocycles. The Labute approximate surface area is 100.0 Å². The van der Waals surface area contributed by atoms with Crippen molar-refractivity contribution in [3.63, 3.8) is 0 Å². The summed E-state index contributed by atoms with van der Waals surface area (Å²) in [5.41, 5.74) is 5.04. The summed E-state index contributed by atoms with van der Waals surface area (Å²) in [6.45, 7) is 0. The summed E-state index contributed by atoms with van der Waals surface area (Å²) in [7, 11) is 1.94. The summed E-state index contributed by atoms with van der Waals surface area (Å²) in [5.74, 6) is 0. The zero-order valence-electron chi connectivity index (χ0n) is 9.77. The van der Waals surface area contributed by atoms with Crippen LogP contribution in [0.3, 0.4) is 0 Å². The van der Waals surface area contributed by atoms with Gasteiger partial charge in [-0.1, -0.05) is 12.1 Å². The Kier molecular flexibility index (Phi) is 2.22. The second kappa shape index (κ2) is 3.74. The third-order valence-corrected chi connectivity index (χ3v) is 3.31. The van der Waals surface area contributed by atoms with E-state index in [1.807, 2.05) is 11.7 Å². The van der Waals surface area contributed by atoms with E-state index in [0.29, 0.717) is 6.42 Å². The van der Waals surface area contributed by atoms with Crippen LogP contribution in [-0.2, 0) is 13.5 Å². The molecule has 0 fully saturated rings. The summed E-state index contributed by atoms with van der Waals surface area (Å²) in [6.07, 6.45) is 6.74. The van der Waals surface area contributed by atoms with Crippen molar-refractivity contribution in [1.29, 1.82) is 5.26 Å². The fraction of sp³-hybridized carbons (Fsp3) is 0.286. The highest BCUT2D eigenvalue weighted by Gasteiger charge is 2.19. The van der Waals surface area contributed by atoms with E-state index in [1.54, 1.807) is 0 Å². The van der Waals surface area contributed by atoms with Crippen LogP contribution in [0.25, 0.3) is 16.5 Å². The highest BCUT2D eigenvalue weighted by Crippen LogP contribution is 2.37. The average Bonchev–Trinajstić information content (AvgIpc) is 2.87. The lowest BCUT2D eigenvalue weighted by molar-refractivity contribution is 0.779. The first-order chi connectivity index (χ1) is 8.29. The van der Waals surface area contributed by atoms with Crippen LogP contribution >= 0.6 is 0 Å². The van der Waals surface area contributed by atoms with E-state index in [-0.39, 0.29) is 0 Å². The average molecular weight is 223 g/mol. The van der Waals surface area contributed by atoms with Gasteiger partial charge in [0.1, 0.15) is 0 Å². The van der Waals surface area contributed by atoms with Crippen LogP contribution in [0.5, 0.6) is 0 Å². The Morgan fingerprint density at radius 1 is 1.47 bits per heavy atom. The van der Waals surface area contributed by atoms with Crippen LogP contribution < -0.4 is 0 Å². The molecule has 1 aliphatic carbocycles. The highest BCUT2D eigenvalue weighted by atomic mass is 15.2. The number of rotatable bonds is 1. The topological polar surface area (TPSA) is 41.6 Å². The molecule has 0 atom stereocenters. The van der Waals surface area contributed by atoms with Gasteiger partial charge in [0.25, 0.3) is 0 Å². The Hall–Kier alpha value is -2.08. The van der Waals surface area contributed by atoms with Gasteiger partial charge in [-0.15, -0.1) is 0 Å². The molecular formula is C14H13N3.